The second kappa shape index (κ2) is 5.92. The van der Waals surface area contributed by atoms with Crippen molar-refractivity contribution in [3.05, 3.63) is 51.8 Å². The van der Waals surface area contributed by atoms with Gasteiger partial charge < -0.3 is 15.4 Å². The Morgan fingerprint density at radius 3 is 2.80 bits per heavy atom. The molecule has 3 N–H and O–H groups in total. The molecule has 0 bridgehead atoms. The first-order chi connectivity index (χ1) is 9.47. The van der Waals surface area contributed by atoms with Crippen LogP contribution in [0.3, 0.4) is 0 Å². The number of H-pyrrole nitrogens is 1. The van der Waals surface area contributed by atoms with Gasteiger partial charge in [-0.05, 0) is 24.6 Å². The molecule has 2 rings (SSSR count). The molecule has 0 aliphatic heterocycles. The van der Waals surface area contributed by atoms with Gasteiger partial charge in [0.25, 0.3) is 0 Å². The third-order valence-corrected chi connectivity index (χ3v) is 3.31. The van der Waals surface area contributed by atoms with Gasteiger partial charge in [0.05, 0.1) is 12.1 Å². The summed E-state index contributed by atoms with van der Waals surface area (Å²) in [7, 11) is 0. The van der Waals surface area contributed by atoms with Crippen LogP contribution >= 0.6 is 15.9 Å². The van der Waals surface area contributed by atoms with E-state index in [9.17, 15) is 9.59 Å². The number of benzene rings is 1. The molecule has 0 saturated heterocycles. The van der Waals surface area contributed by atoms with Crippen molar-refractivity contribution in [2.24, 2.45) is 0 Å². The lowest BCUT2D eigenvalue weighted by atomic mass is 10.1. The van der Waals surface area contributed by atoms with Crippen LogP contribution in [0.1, 0.15) is 21.6 Å². The van der Waals surface area contributed by atoms with E-state index < -0.39 is 5.97 Å². The monoisotopic (exact) mass is 336 g/mol. The van der Waals surface area contributed by atoms with Crippen molar-refractivity contribution in [2.45, 2.75) is 13.3 Å². The van der Waals surface area contributed by atoms with Crippen LogP contribution in [0, 0.1) is 6.92 Å². The summed E-state index contributed by atoms with van der Waals surface area (Å²) in [4.78, 5) is 25.8. The molecule has 0 atom stereocenters. The molecule has 0 aliphatic rings. The van der Waals surface area contributed by atoms with Gasteiger partial charge >= 0.3 is 5.97 Å². The van der Waals surface area contributed by atoms with Crippen molar-refractivity contribution < 1.29 is 14.7 Å². The van der Waals surface area contributed by atoms with Crippen molar-refractivity contribution in [3.63, 3.8) is 0 Å². The molecule has 0 aliphatic carbocycles. The highest BCUT2D eigenvalue weighted by molar-refractivity contribution is 9.10. The molecule has 0 spiro atoms. The van der Waals surface area contributed by atoms with Gasteiger partial charge in [0.2, 0.25) is 5.91 Å². The van der Waals surface area contributed by atoms with Gasteiger partial charge in [0.1, 0.15) is 5.56 Å². The molecule has 0 saturated carbocycles. The minimum Gasteiger partial charge on any atom is -0.478 e. The van der Waals surface area contributed by atoms with Crippen LogP contribution in [0.25, 0.3) is 0 Å². The number of aromatic nitrogens is 1. The Bertz CT molecular complexity index is 664. The van der Waals surface area contributed by atoms with Gasteiger partial charge in [-0.3, -0.25) is 4.79 Å². The van der Waals surface area contributed by atoms with Gasteiger partial charge in [-0.25, -0.2) is 4.79 Å². The van der Waals surface area contributed by atoms with E-state index in [1.807, 2.05) is 24.3 Å². The molecule has 0 fully saturated rings. The summed E-state index contributed by atoms with van der Waals surface area (Å²) in [5.74, 6) is -1.33. The number of hydrogen-bond acceptors (Lipinski definition) is 2. The standard InChI is InChI=1S/C14H13BrN2O3/c1-8-13(14(19)20)11(7-16-8)17-12(18)6-9-3-2-4-10(15)5-9/h2-5,7,16H,6H2,1H3,(H,17,18)(H,19,20). The Hall–Kier alpha value is -2.08. The molecule has 20 heavy (non-hydrogen) atoms. The van der Waals surface area contributed by atoms with E-state index in [4.69, 9.17) is 5.11 Å². The zero-order valence-corrected chi connectivity index (χ0v) is 12.3. The highest BCUT2D eigenvalue weighted by atomic mass is 79.9. The van der Waals surface area contributed by atoms with Crippen LogP contribution in [-0.2, 0) is 11.2 Å². The van der Waals surface area contributed by atoms with Crippen LogP contribution in [0.2, 0.25) is 0 Å². The van der Waals surface area contributed by atoms with Gasteiger partial charge in [0, 0.05) is 16.4 Å². The molecule has 104 valence electrons. The highest BCUT2D eigenvalue weighted by Crippen LogP contribution is 2.19. The third kappa shape index (κ3) is 3.27. The molecule has 0 unspecified atom stereocenters. The molecule has 1 aromatic heterocycles. The average molecular weight is 337 g/mol. The van der Waals surface area contributed by atoms with Gasteiger partial charge in [-0.15, -0.1) is 0 Å². The number of carbonyl (C=O) groups is 2. The number of aromatic amines is 1. The van der Waals surface area contributed by atoms with E-state index in [1.165, 1.54) is 6.20 Å². The lowest BCUT2D eigenvalue weighted by molar-refractivity contribution is -0.115. The normalized spacial score (nSPS) is 10.3. The summed E-state index contributed by atoms with van der Waals surface area (Å²) in [5, 5.41) is 11.7. The second-order valence-corrected chi connectivity index (χ2v) is 5.28. The smallest absolute Gasteiger partial charge is 0.339 e. The molecule has 1 heterocycles. The number of amides is 1. The predicted molar refractivity (Wildman–Crippen MR) is 79.0 cm³/mol. The van der Waals surface area contributed by atoms with E-state index >= 15 is 0 Å². The fourth-order valence-corrected chi connectivity index (χ4v) is 2.37. The van der Waals surface area contributed by atoms with E-state index in [1.54, 1.807) is 6.92 Å². The molecular formula is C14H13BrN2O3. The van der Waals surface area contributed by atoms with Crippen LogP contribution in [0.4, 0.5) is 5.69 Å². The maximum Gasteiger partial charge on any atom is 0.339 e. The molecule has 5 nitrogen and oxygen atoms in total. The van der Waals surface area contributed by atoms with Crippen LogP contribution in [0.15, 0.2) is 34.9 Å². The number of rotatable bonds is 4. The van der Waals surface area contributed by atoms with Crippen LogP contribution < -0.4 is 5.32 Å². The first-order valence-electron chi connectivity index (χ1n) is 5.93. The van der Waals surface area contributed by atoms with Crippen molar-refractivity contribution in [1.82, 2.24) is 4.98 Å². The largest absolute Gasteiger partial charge is 0.478 e. The molecule has 1 aromatic carbocycles. The number of aryl methyl sites for hydroxylation is 1. The molecule has 2 aromatic rings. The topological polar surface area (TPSA) is 82.2 Å². The summed E-state index contributed by atoms with van der Waals surface area (Å²) < 4.78 is 0.895. The second-order valence-electron chi connectivity index (χ2n) is 4.36. The first-order valence-corrected chi connectivity index (χ1v) is 6.72. The SMILES string of the molecule is Cc1[nH]cc(NC(=O)Cc2cccc(Br)c2)c1C(=O)O. The summed E-state index contributed by atoms with van der Waals surface area (Å²) in [6.07, 6.45) is 1.67. The first kappa shape index (κ1) is 14.3. The van der Waals surface area contributed by atoms with Crippen molar-refractivity contribution in [2.75, 3.05) is 5.32 Å². The zero-order chi connectivity index (χ0) is 14.7. The summed E-state index contributed by atoms with van der Waals surface area (Å²) >= 11 is 3.34. The number of aromatic carboxylic acids is 1. The Balaban J connectivity index is 2.11. The molecule has 1 amide bonds. The number of carboxylic acid groups (broad SMARTS) is 1. The van der Waals surface area contributed by atoms with Crippen LogP contribution in [0.5, 0.6) is 0 Å². The quantitative estimate of drug-likeness (QED) is 0.802. The lowest BCUT2D eigenvalue weighted by Crippen LogP contribution is -2.16. The minimum absolute atomic E-state index is 0.0904. The maximum absolute atomic E-state index is 11.9. The predicted octanol–water partition coefficient (Wildman–Crippen LogP) is 2.97. The minimum atomic E-state index is -1.07. The Kier molecular flexibility index (Phi) is 4.24. The number of carbonyl (C=O) groups excluding carboxylic acids is 1. The highest BCUT2D eigenvalue weighted by Gasteiger charge is 2.17. The average Bonchev–Trinajstić information content (AvgIpc) is 2.70. The zero-order valence-electron chi connectivity index (χ0n) is 10.7. The maximum atomic E-state index is 11.9. The fraction of sp³-hybridized carbons (Fsp3) is 0.143. The number of nitrogens with one attached hydrogen (secondary N) is 2. The molecular weight excluding hydrogens is 324 g/mol. The Morgan fingerprint density at radius 2 is 2.15 bits per heavy atom. The van der Waals surface area contributed by atoms with Gasteiger partial charge in [-0.2, -0.15) is 0 Å². The third-order valence-electron chi connectivity index (χ3n) is 2.82. The van der Waals surface area contributed by atoms with Crippen molar-refractivity contribution in [1.29, 1.82) is 0 Å². The fourth-order valence-electron chi connectivity index (χ4n) is 1.93. The van der Waals surface area contributed by atoms with E-state index in [0.29, 0.717) is 5.69 Å². The van der Waals surface area contributed by atoms with E-state index in [0.717, 1.165) is 10.0 Å². The lowest BCUT2D eigenvalue weighted by Gasteiger charge is -2.05. The Morgan fingerprint density at radius 1 is 1.40 bits per heavy atom. The summed E-state index contributed by atoms with van der Waals surface area (Å²) in [6.45, 7) is 1.65. The Labute approximate surface area is 124 Å². The van der Waals surface area contributed by atoms with Crippen molar-refractivity contribution in [3.8, 4) is 0 Å². The number of hydrogen-bond donors (Lipinski definition) is 3. The van der Waals surface area contributed by atoms with E-state index in [2.05, 4.69) is 26.2 Å². The number of halogens is 1. The van der Waals surface area contributed by atoms with E-state index in [-0.39, 0.29) is 23.6 Å². The molecule has 0 radical (unpaired) electrons. The summed E-state index contributed by atoms with van der Waals surface area (Å²) in [6, 6.07) is 7.40. The van der Waals surface area contributed by atoms with Gasteiger partial charge in [-0.1, -0.05) is 28.1 Å². The summed E-state index contributed by atoms with van der Waals surface area (Å²) in [5.41, 5.74) is 1.74. The van der Waals surface area contributed by atoms with Crippen LogP contribution in [-0.4, -0.2) is 22.0 Å². The van der Waals surface area contributed by atoms with Gasteiger partial charge in [0.15, 0.2) is 0 Å². The molecule has 6 heteroatoms. The number of anilines is 1. The number of carboxylic acids is 1. The van der Waals surface area contributed by atoms with Crippen molar-refractivity contribution >= 4 is 33.5 Å².